The molecule has 0 bridgehead atoms. The molecule has 2 aromatic carbocycles. The molecule has 9 nitrogen and oxygen atoms in total. The van der Waals surface area contributed by atoms with Crippen LogP contribution in [0.5, 0.6) is 0 Å². The summed E-state index contributed by atoms with van der Waals surface area (Å²) in [5.74, 6) is -0.192. The summed E-state index contributed by atoms with van der Waals surface area (Å²) in [5, 5.41) is 10.2. The lowest BCUT2D eigenvalue weighted by atomic mass is 10.1. The van der Waals surface area contributed by atoms with Gasteiger partial charge < -0.3 is 9.64 Å². The van der Waals surface area contributed by atoms with Gasteiger partial charge in [-0.15, -0.1) is 0 Å². The first-order valence-electron chi connectivity index (χ1n) is 11.6. The molecule has 212 valence electrons. The Morgan fingerprint density at radius 1 is 1.00 bits per heavy atom. The summed E-state index contributed by atoms with van der Waals surface area (Å²) in [7, 11) is -3.64. The monoisotopic (exact) mass is 579 g/mol. The number of amides is 1. The van der Waals surface area contributed by atoms with Gasteiger partial charge in [0.2, 0.25) is 0 Å². The highest BCUT2D eigenvalue weighted by atomic mass is 32.2. The molecule has 1 aromatic heterocycles. The Bertz CT molecular complexity index is 1420. The zero-order chi connectivity index (χ0) is 28.6. The van der Waals surface area contributed by atoms with Crippen LogP contribution in [0, 0.1) is 0 Å². The van der Waals surface area contributed by atoms with E-state index in [1.807, 2.05) is 4.90 Å². The minimum atomic E-state index is -5.01. The average molecular weight is 580 g/mol. The van der Waals surface area contributed by atoms with Gasteiger partial charge in [-0.25, -0.2) is 13.2 Å². The molecule has 0 radical (unpaired) electrons. The Labute approximate surface area is 218 Å². The highest BCUT2D eigenvalue weighted by Gasteiger charge is 2.37. The van der Waals surface area contributed by atoms with Gasteiger partial charge in [0, 0.05) is 32.2 Å². The number of rotatable bonds is 6. The molecule has 1 unspecified atom stereocenters. The Hall–Kier alpha value is -3.40. The van der Waals surface area contributed by atoms with Crippen molar-refractivity contribution in [1.82, 2.24) is 25.2 Å². The highest BCUT2D eigenvalue weighted by molar-refractivity contribution is 7.91. The van der Waals surface area contributed by atoms with E-state index in [-0.39, 0.29) is 48.9 Å². The van der Waals surface area contributed by atoms with E-state index in [9.17, 15) is 39.6 Å². The predicted octanol–water partition coefficient (Wildman–Crippen LogP) is 4.11. The van der Waals surface area contributed by atoms with Gasteiger partial charge in [0.1, 0.15) is 17.6 Å². The number of piperazine rings is 1. The van der Waals surface area contributed by atoms with Crippen LogP contribution in [0.25, 0.3) is 11.0 Å². The van der Waals surface area contributed by atoms with Crippen LogP contribution in [0.15, 0.2) is 41.3 Å². The lowest BCUT2D eigenvalue weighted by molar-refractivity contribution is -0.143. The molecule has 4 rings (SSSR count). The number of carbonyl (C=O) groups excluding carboxylic acids is 1. The smallest absolute Gasteiger partial charge is 0.416 e. The molecular weight excluding hydrogens is 556 g/mol. The molecule has 1 N–H and O–H groups in total. The quantitative estimate of drug-likeness (QED) is 0.438. The van der Waals surface area contributed by atoms with Gasteiger partial charge >= 0.3 is 18.4 Å². The first-order chi connectivity index (χ1) is 18.1. The van der Waals surface area contributed by atoms with Crippen molar-refractivity contribution in [3.05, 3.63) is 53.1 Å². The van der Waals surface area contributed by atoms with E-state index < -0.39 is 51.6 Å². The third-order valence-electron chi connectivity index (χ3n) is 6.33. The maximum Gasteiger partial charge on any atom is 0.416 e. The molecule has 1 atom stereocenters. The summed E-state index contributed by atoms with van der Waals surface area (Å²) in [6, 6.07) is 5.13. The van der Waals surface area contributed by atoms with Crippen LogP contribution in [0.2, 0.25) is 0 Å². The number of hydrogen-bond acceptors (Lipinski definition) is 7. The molecule has 1 fully saturated rings. The molecule has 1 aliphatic rings. The van der Waals surface area contributed by atoms with Crippen molar-refractivity contribution in [1.29, 1.82) is 0 Å². The van der Waals surface area contributed by atoms with Crippen molar-refractivity contribution in [2.24, 2.45) is 0 Å². The van der Waals surface area contributed by atoms with Crippen molar-refractivity contribution in [3.63, 3.8) is 0 Å². The number of ether oxygens (including phenoxy) is 1. The number of sulfone groups is 1. The van der Waals surface area contributed by atoms with Crippen LogP contribution in [0.3, 0.4) is 0 Å². The van der Waals surface area contributed by atoms with Crippen molar-refractivity contribution in [2.75, 3.05) is 31.9 Å². The highest BCUT2D eigenvalue weighted by Crippen LogP contribution is 2.36. The Morgan fingerprint density at radius 3 is 2.26 bits per heavy atom. The van der Waals surface area contributed by atoms with Gasteiger partial charge in [-0.3, -0.25) is 4.90 Å². The number of benzene rings is 2. The molecule has 16 heteroatoms. The fraction of sp³-hybridized carbons (Fsp3) is 0.435. The largest absolute Gasteiger partial charge is 0.445 e. The number of carbonyl (C=O) groups is 1. The van der Waals surface area contributed by atoms with E-state index in [2.05, 4.69) is 15.4 Å². The molecule has 1 saturated heterocycles. The van der Waals surface area contributed by atoms with Crippen LogP contribution in [0.4, 0.5) is 31.1 Å². The summed E-state index contributed by atoms with van der Waals surface area (Å²) in [6.45, 7) is 1.69. The van der Waals surface area contributed by atoms with Gasteiger partial charge in [0.05, 0.1) is 21.8 Å². The zero-order valence-electron chi connectivity index (χ0n) is 20.4. The van der Waals surface area contributed by atoms with E-state index in [1.54, 1.807) is 13.0 Å². The summed E-state index contributed by atoms with van der Waals surface area (Å²) in [5.41, 5.74) is -2.51. The zero-order valence-corrected chi connectivity index (χ0v) is 21.2. The Balaban J connectivity index is 1.33. The number of nitrogens with zero attached hydrogens (tertiary/aromatic N) is 4. The second-order valence-corrected chi connectivity index (χ2v) is 11.2. The molecule has 1 amide bonds. The van der Waals surface area contributed by atoms with Crippen molar-refractivity contribution in [2.45, 2.75) is 36.8 Å². The molecule has 2 heterocycles. The summed E-state index contributed by atoms with van der Waals surface area (Å²) in [4.78, 5) is 15.7. The summed E-state index contributed by atoms with van der Waals surface area (Å²) >= 11 is 0. The van der Waals surface area contributed by atoms with Crippen molar-refractivity contribution in [3.8, 4) is 0 Å². The van der Waals surface area contributed by atoms with Crippen molar-refractivity contribution < 1.29 is 44.3 Å². The number of hydrogen-bond donors (Lipinski definition) is 1. The first-order valence-corrected chi connectivity index (χ1v) is 13.3. The third kappa shape index (κ3) is 6.79. The van der Waals surface area contributed by atoms with Gasteiger partial charge in [-0.2, -0.15) is 41.8 Å². The van der Waals surface area contributed by atoms with Gasteiger partial charge in [-0.05, 0) is 48.9 Å². The number of fused-ring (bicyclic) bond motifs is 1. The van der Waals surface area contributed by atoms with E-state index >= 15 is 0 Å². The number of H-pyrrole nitrogens is 1. The molecule has 0 saturated carbocycles. The summed E-state index contributed by atoms with van der Waals surface area (Å²) < 4.78 is 109. The molecule has 1 aliphatic heterocycles. The molecule has 3 aromatic rings. The standard InChI is InChI=1S/C23H23F6N5O4S/c1-14-12-34(21(35)38-13-15-8-16(22(24,25)26)10-17(9-15)23(27,28)29)5-4-33(14)6-7-39(36,37)18-2-3-19-20(11-18)31-32-30-19/h2-3,8-11,14H,4-7,12-13H2,1H3,(H,30,31,32). The topological polar surface area (TPSA) is 108 Å². The summed E-state index contributed by atoms with van der Waals surface area (Å²) in [6.07, 6.45) is -10.9. The van der Waals surface area contributed by atoms with Crippen LogP contribution in [-0.2, 0) is 33.5 Å². The van der Waals surface area contributed by atoms with Gasteiger partial charge in [-0.1, -0.05) is 0 Å². The van der Waals surface area contributed by atoms with E-state index in [4.69, 9.17) is 4.74 Å². The Kier molecular flexibility index (Phi) is 7.80. The maximum atomic E-state index is 13.1. The molecule has 0 spiro atoms. The number of halogens is 6. The number of aromatic amines is 1. The van der Waals surface area contributed by atoms with Crippen LogP contribution in [0.1, 0.15) is 23.6 Å². The fourth-order valence-corrected chi connectivity index (χ4v) is 5.48. The molecule has 39 heavy (non-hydrogen) atoms. The maximum absolute atomic E-state index is 13.1. The minimum Gasteiger partial charge on any atom is -0.445 e. The molecule has 0 aliphatic carbocycles. The van der Waals surface area contributed by atoms with Crippen LogP contribution >= 0.6 is 0 Å². The predicted molar refractivity (Wildman–Crippen MR) is 125 cm³/mol. The Morgan fingerprint density at radius 2 is 1.64 bits per heavy atom. The van der Waals surface area contributed by atoms with Gasteiger partial charge in [0.25, 0.3) is 0 Å². The molecular formula is C23H23F6N5O4S. The lowest BCUT2D eigenvalue weighted by Gasteiger charge is -2.39. The number of alkyl halides is 6. The normalized spacial score (nSPS) is 17.5. The van der Waals surface area contributed by atoms with Crippen LogP contribution in [-0.4, -0.2) is 77.7 Å². The SMILES string of the molecule is CC1CN(C(=O)OCc2cc(C(F)(F)F)cc(C(F)(F)F)c2)CCN1CCS(=O)(=O)c1ccc2n[nH]nc2c1. The average Bonchev–Trinajstić information content (AvgIpc) is 3.33. The van der Waals surface area contributed by atoms with E-state index in [1.165, 1.54) is 17.0 Å². The van der Waals surface area contributed by atoms with E-state index in [0.29, 0.717) is 23.2 Å². The number of nitrogens with one attached hydrogen (secondary N) is 1. The minimum absolute atomic E-state index is 0.000874. The second kappa shape index (κ2) is 10.6. The first kappa shape index (κ1) is 28.6. The van der Waals surface area contributed by atoms with E-state index in [0.717, 1.165) is 0 Å². The second-order valence-electron chi connectivity index (χ2n) is 9.09. The fourth-order valence-electron chi connectivity index (χ4n) is 4.20. The van der Waals surface area contributed by atoms with Gasteiger partial charge in [0.15, 0.2) is 9.84 Å². The van der Waals surface area contributed by atoms with Crippen LogP contribution < -0.4 is 0 Å². The van der Waals surface area contributed by atoms with Crippen molar-refractivity contribution >= 4 is 27.0 Å². The third-order valence-corrected chi connectivity index (χ3v) is 8.02. The number of aromatic nitrogens is 3. The lowest BCUT2D eigenvalue weighted by Crippen LogP contribution is -2.54.